The maximum atomic E-state index is 11.8. The molecule has 104 valence electrons. The van der Waals surface area contributed by atoms with Crippen LogP contribution in [0.5, 0.6) is 0 Å². The lowest BCUT2D eigenvalue weighted by Crippen LogP contribution is -2.49. The van der Waals surface area contributed by atoms with Crippen LogP contribution in [0.25, 0.3) is 0 Å². The van der Waals surface area contributed by atoms with E-state index in [1.165, 1.54) is 18.2 Å². The highest BCUT2D eigenvalue weighted by atomic mass is 32.2. The van der Waals surface area contributed by atoms with E-state index in [9.17, 15) is 9.90 Å². The van der Waals surface area contributed by atoms with Crippen molar-refractivity contribution in [3.63, 3.8) is 0 Å². The van der Waals surface area contributed by atoms with Crippen LogP contribution in [0, 0.1) is 23.7 Å². The minimum Gasteiger partial charge on any atom is -0.478 e. The van der Waals surface area contributed by atoms with Gasteiger partial charge in [0.1, 0.15) is 0 Å². The van der Waals surface area contributed by atoms with Crippen molar-refractivity contribution in [3.8, 4) is 0 Å². The number of thioether (sulfide) groups is 1. The van der Waals surface area contributed by atoms with Gasteiger partial charge in [-0.25, -0.2) is 4.79 Å². The van der Waals surface area contributed by atoms with Crippen LogP contribution in [0.4, 0.5) is 0 Å². The largest absolute Gasteiger partial charge is 0.478 e. The van der Waals surface area contributed by atoms with Crippen LogP contribution < -0.4 is 0 Å². The van der Waals surface area contributed by atoms with Crippen molar-refractivity contribution in [2.75, 3.05) is 12.4 Å². The molecule has 0 amide bonds. The van der Waals surface area contributed by atoms with Crippen molar-refractivity contribution in [2.24, 2.45) is 23.7 Å². The second-order valence-electron chi connectivity index (χ2n) is 6.10. The maximum absolute atomic E-state index is 11.8. The fourth-order valence-electron chi connectivity index (χ4n) is 3.56. The van der Waals surface area contributed by atoms with Crippen LogP contribution in [0.15, 0.2) is 0 Å². The highest BCUT2D eigenvalue weighted by Gasteiger charge is 2.54. The Hall–Kier alpha value is -0.220. The minimum atomic E-state index is -0.969. The van der Waals surface area contributed by atoms with Crippen LogP contribution >= 0.6 is 11.8 Å². The molecule has 1 saturated heterocycles. The lowest BCUT2D eigenvalue weighted by Gasteiger charge is -2.44. The molecule has 0 radical (unpaired) electrons. The van der Waals surface area contributed by atoms with Crippen LogP contribution in [0.2, 0.25) is 0 Å². The average molecular weight is 272 g/mol. The van der Waals surface area contributed by atoms with E-state index in [1.54, 1.807) is 0 Å². The molecule has 2 aliphatic rings. The van der Waals surface area contributed by atoms with Crippen molar-refractivity contribution < 1.29 is 14.6 Å². The van der Waals surface area contributed by atoms with Crippen molar-refractivity contribution in [1.82, 2.24) is 0 Å². The predicted molar refractivity (Wildman–Crippen MR) is 73.6 cm³/mol. The Morgan fingerprint density at radius 1 is 1.44 bits per heavy atom. The van der Waals surface area contributed by atoms with Gasteiger partial charge >= 0.3 is 5.97 Å². The first-order valence-corrected chi connectivity index (χ1v) is 7.97. The van der Waals surface area contributed by atoms with Crippen molar-refractivity contribution in [3.05, 3.63) is 0 Å². The molecule has 0 bridgehead atoms. The molecule has 1 saturated carbocycles. The second-order valence-corrected chi connectivity index (χ2v) is 7.41. The normalized spacial score (nSPS) is 41.2. The third-order valence-electron chi connectivity index (χ3n) is 4.52. The molecule has 2 fully saturated rings. The molecule has 1 aliphatic heterocycles. The number of ether oxygens (including phenoxy) is 1. The summed E-state index contributed by atoms with van der Waals surface area (Å²) < 4.78 is 5.73. The predicted octanol–water partition coefficient (Wildman–Crippen LogP) is 3.24. The molecule has 0 aromatic heterocycles. The van der Waals surface area contributed by atoms with Gasteiger partial charge in [-0.2, -0.15) is 0 Å². The van der Waals surface area contributed by atoms with Gasteiger partial charge in [-0.3, -0.25) is 0 Å². The fraction of sp³-hybridized carbons (Fsp3) is 0.929. The first kappa shape index (κ1) is 14.2. The van der Waals surface area contributed by atoms with Gasteiger partial charge in [-0.15, -0.1) is 11.8 Å². The number of hydrogen-bond donors (Lipinski definition) is 1. The lowest BCUT2D eigenvalue weighted by atomic mass is 9.67. The molecule has 0 aromatic rings. The number of carboxylic acids is 1. The summed E-state index contributed by atoms with van der Waals surface area (Å²) in [4.78, 5) is 10.8. The molecule has 1 aliphatic carbocycles. The Morgan fingerprint density at radius 2 is 2.17 bits per heavy atom. The van der Waals surface area contributed by atoms with Gasteiger partial charge in [0.05, 0.1) is 6.61 Å². The quantitative estimate of drug-likeness (QED) is 0.856. The van der Waals surface area contributed by atoms with Gasteiger partial charge in [0.15, 0.2) is 0 Å². The molecule has 2 rings (SSSR count). The van der Waals surface area contributed by atoms with Gasteiger partial charge in [0, 0.05) is 11.7 Å². The van der Waals surface area contributed by atoms with E-state index < -0.39 is 10.9 Å². The molecule has 4 heteroatoms. The SMILES string of the molecule is CC(C)C1CC[C@@H](C)CC1C1(C(=O)O)OCCS1. The summed E-state index contributed by atoms with van der Waals surface area (Å²) in [6, 6.07) is 0. The standard InChI is InChI=1S/C14H24O3S/c1-9(2)11-5-4-10(3)8-12(11)14(13(15)16)17-6-7-18-14/h9-12H,4-8H2,1-3H3,(H,15,16)/t10-,11?,12?,14?/m1/s1. The molecule has 1 N–H and O–H groups in total. The monoisotopic (exact) mass is 272 g/mol. The molecule has 18 heavy (non-hydrogen) atoms. The zero-order valence-corrected chi connectivity index (χ0v) is 12.3. The molecule has 4 atom stereocenters. The third-order valence-corrected chi connectivity index (χ3v) is 5.92. The summed E-state index contributed by atoms with van der Waals surface area (Å²) >= 11 is 1.51. The number of rotatable bonds is 3. The third kappa shape index (κ3) is 2.42. The first-order valence-electron chi connectivity index (χ1n) is 6.98. The summed E-state index contributed by atoms with van der Waals surface area (Å²) in [5.74, 6) is 1.82. The second kappa shape index (κ2) is 5.41. The molecule has 0 aromatic carbocycles. The average Bonchev–Trinajstić information content (AvgIpc) is 2.78. The van der Waals surface area contributed by atoms with Crippen molar-refractivity contribution in [1.29, 1.82) is 0 Å². The molecule has 3 nitrogen and oxygen atoms in total. The van der Waals surface area contributed by atoms with Gasteiger partial charge < -0.3 is 9.84 Å². The van der Waals surface area contributed by atoms with E-state index in [0.29, 0.717) is 24.4 Å². The number of hydrogen-bond acceptors (Lipinski definition) is 3. The number of carbonyl (C=O) groups is 1. The van der Waals surface area contributed by atoms with Crippen LogP contribution in [0.1, 0.15) is 40.0 Å². The van der Waals surface area contributed by atoms with Gasteiger partial charge in [-0.05, 0) is 30.6 Å². The van der Waals surface area contributed by atoms with E-state index in [0.717, 1.165) is 18.6 Å². The minimum absolute atomic E-state index is 0.159. The van der Waals surface area contributed by atoms with Crippen LogP contribution in [0.3, 0.4) is 0 Å². The van der Waals surface area contributed by atoms with Gasteiger partial charge in [0.25, 0.3) is 0 Å². The summed E-state index contributed by atoms with van der Waals surface area (Å²) in [6.07, 6.45) is 3.35. The Kier molecular flexibility index (Phi) is 4.27. The number of carboxylic acid groups (broad SMARTS) is 1. The Bertz CT molecular complexity index is 310. The highest BCUT2D eigenvalue weighted by molar-refractivity contribution is 8.01. The molecule has 1 heterocycles. The maximum Gasteiger partial charge on any atom is 0.346 e. The Labute approximate surface area is 114 Å². The molecule has 3 unspecified atom stereocenters. The topological polar surface area (TPSA) is 46.5 Å². The highest BCUT2D eigenvalue weighted by Crippen LogP contribution is 2.51. The van der Waals surface area contributed by atoms with Gasteiger partial charge in [0.2, 0.25) is 4.93 Å². The van der Waals surface area contributed by atoms with E-state index in [1.807, 2.05) is 0 Å². The smallest absolute Gasteiger partial charge is 0.346 e. The Morgan fingerprint density at radius 3 is 2.67 bits per heavy atom. The van der Waals surface area contributed by atoms with E-state index >= 15 is 0 Å². The molecule has 0 spiro atoms. The van der Waals surface area contributed by atoms with Crippen LogP contribution in [-0.2, 0) is 9.53 Å². The lowest BCUT2D eigenvalue weighted by molar-refractivity contribution is -0.161. The van der Waals surface area contributed by atoms with E-state index in [-0.39, 0.29) is 5.92 Å². The van der Waals surface area contributed by atoms with Crippen molar-refractivity contribution in [2.45, 2.75) is 45.0 Å². The summed E-state index contributed by atoms with van der Waals surface area (Å²) in [7, 11) is 0. The molecular weight excluding hydrogens is 248 g/mol. The summed E-state index contributed by atoms with van der Waals surface area (Å²) in [5, 5.41) is 9.66. The van der Waals surface area contributed by atoms with Crippen molar-refractivity contribution >= 4 is 17.7 Å². The summed E-state index contributed by atoms with van der Waals surface area (Å²) in [5.41, 5.74) is 0. The first-order chi connectivity index (χ1) is 8.47. The summed E-state index contributed by atoms with van der Waals surface area (Å²) in [6.45, 7) is 7.23. The zero-order valence-electron chi connectivity index (χ0n) is 11.5. The zero-order chi connectivity index (χ0) is 13.3. The van der Waals surface area contributed by atoms with Crippen LogP contribution in [-0.4, -0.2) is 28.4 Å². The van der Waals surface area contributed by atoms with Gasteiger partial charge in [-0.1, -0.05) is 27.2 Å². The van der Waals surface area contributed by atoms with E-state index in [4.69, 9.17) is 4.74 Å². The Balaban J connectivity index is 2.27. The van der Waals surface area contributed by atoms with E-state index in [2.05, 4.69) is 20.8 Å². The fourth-order valence-corrected chi connectivity index (χ4v) is 4.81. The molecular formula is C14H24O3S. The number of aliphatic carboxylic acids is 1.